The molecule has 0 atom stereocenters. The number of nitrogens with zero attached hydrogens (tertiary/aromatic N) is 3. The monoisotopic (exact) mass is 492 g/mol. The molecule has 5 nitrogen and oxygen atoms in total. The van der Waals surface area contributed by atoms with Crippen LogP contribution in [-0.4, -0.2) is 33.4 Å². The molecule has 4 aromatic rings. The number of nitrogens with one attached hydrogen (secondary N) is 1. The van der Waals surface area contributed by atoms with Crippen LogP contribution in [-0.2, 0) is 17.9 Å². The number of fused-ring (bicyclic) bond motifs is 1. The van der Waals surface area contributed by atoms with Gasteiger partial charge in [-0.25, -0.2) is 4.98 Å². The third-order valence-electron chi connectivity index (χ3n) is 6.44. The van der Waals surface area contributed by atoms with Crippen molar-refractivity contribution < 1.29 is 4.79 Å². The van der Waals surface area contributed by atoms with Gasteiger partial charge in [0.05, 0.1) is 28.3 Å². The van der Waals surface area contributed by atoms with Crippen LogP contribution in [0.3, 0.4) is 0 Å². The lowest BCUT2D eigenvalue weighted by Gasteiger charge is -2.31. The highest BCUT2D eigenvalue weighted by molar-refractivity contribution is 6.33. The maximum absolute atomic E-state index is 12.8. The maximum Gasteiger partial charge on any atom is 0.227 e. The highest BCUT2D eigenvalue weighted by Crippen LogP contribution is 2.26. The molecule has 0 saturated carbocycles. The largest absolute Gasteiger partial charge is 0.325 e. The van der Waals surface area contributed by atoms with E-state index in [-0.39, 0.29) is 11.8 Å². The average Bonchev–Trinajstić information content (AvgIpc) is 3.19. The molecule has 34 heavy (non-hydrogen) atoms. The van der Waals surface area contributed by atoms with Crippen molar-refractivity contribution in [2.24, 2.45) is 5.92 Å². The molecule has 1 aliphatic heterocycles. The van der Waals surface area contributed by atoms with Crippen LogP contribution in [0.25, 0.3) is 11.0 Å². The molecule has 3 aromatic carbocycles. The molecule has 174 valence electrons. The zero-order chi connectivity index (χ0) is 23.5. The Morgan fingerprint density at radius 3 is 2.38 bits per heavy atom. The average molecular weight is 493 g/mol. The Hall–Kier alpha value is -2.86. The Morgan fingerprint density at radius 2 is 1.62 bits per heavy atom. The molecule has 2 heterocycles. The third kappa shape index (κ3) is 5.12. The second-order valence-electron chi connectivity index (χ2n) is 8.75. The molecule has 0 bridgehead atoms. The molecule has 1 amide bonds. The predicted molar refractivity (Wildman–Crippen MR) is 138 cm³/mol. The van der Waals surface area contributed by atoms with Crippen molar-refractivity contribution in [1.29, 1.82) is 0 Å². The van der Waals surface area contributed by atoms with E-state index in [4.69, 9.17) is 28.2 Å². The lowest BCUT2D eigenvalue weighted by atomic mass is 9.96. The number of amides is 1. The van der Waals surface area contributed by atoms with E-state index in [9.17, 15) is 4.79 Å². The smallest absolute Gasteiger partial charge is 0.227 e. The Kier molecular flexibility index (Phi) is 6.86. The fraction of sp³-hybridized carbons (Fsp3) is 0.259. The normalized spacial score (nSPS) is 15.0. The molecule has 1 N–H and O–H groups in total. The number of hydrogen-bond donors (Lipinski definition) is 1. The van der Waals surface area contributed by atoms with Crippen molar-refractivity contribution >= 4 is 45.8 Å². The van der Waals surface area contributed by atoms with Crippen LogP contribution in [0.5, 0.6) is 0 Å². The summed E-state index contributed by atoms with van der Waals surface area (Å²) in [5, 5.41) is 4.29. The summed E-state index contributed by atoms with van der Waals surface area (Å²) in [6.07, 6.45) is 1.63. The SMILES string of the molecule is O=C(Nc1ccccc1Cl)C1CCN(Cc2nc3ccccc3n2Cc2ccc(Cl)cc2)CC1. The number of para-hydroxylation sites is 3. The van der Waals surface area contributed by atoms with Crippen molar-refractivity contribution in [3.05, 3.63) is 94.2 Å². The van der Waals surface area contributed by atoms with Crippen molar-refractivity contribution in [3.63, 3.8) is 0 Å². The minimum absolute atomic E-state index is 0.0135. The van der Waals surface area contributed by atoms with E-state index in [1.54, 1.807) is 6.07 Å². The summed E-state index contributed by atoms with van der Waals surface area (Å²) < 4.78 is 2.29. The van der Waals surface area contributed by atoms with Crippen LogP contribution >= 0.6 is 23.2 Å². The van der Waals surface area contributed by atoms with E-state index in [0.29, 0.717) is 10.7 Å². The minimum atomic E-state index is -0.0135. The fourth-order valence-corrected chi connectivity index (χ4v) is 4.85. The van der Waals surface area contributed by atoms with Gasteiger partial charge in [-0.1, -0.05) is 59.6 Å². The number of piperidine rings is 1. The standard InChI is InChI=1S/C27H26Cl2N4O/c28-21-11-9-19(10-12-21)17-33-25-8-4-3-7-24(25)30-26(33)18-32-15-13-20(14-16-32)27(34)31-23-6-2-1-5-22(23)29/h1-12,20H,13-18H2,(H,31,34). The molecule has 0 unspecified atom stereocenters. The van der Waals surface area contributed by atoms with Gasteiger partial charge in [0.25, 0.3) is 0 Å². The summed E-state index contributed by atoms with van der Waals surface area (Å²) in [6, 6.07) is 23.6. The first-order chi connectivity index (χ1) is 16.6. The summed E-state index contributed by atoms with van der Waals surface area (Å²) in [4.78, 5) is 20.1. The van der Waals surface area contributed by atoms with Gasteiger partial charge >= 0.3 is 0 Å². The van der Waals surface area contributed by atoms with Crippen molar-refractivity contribution in [1.82, 2.24) is 14.5 Å². The van der Waals surface area contributed by atoms with E-state index >= 15 is 0 Å². The van der Waals surface area contributed by atoms with E-state index in [2.05, 4.69) is 45.1 Å². The molecule has 1 aliphatic rings. The van der Waals surface area contributed by atoms with Crippen LogP contribution in [0.2, 0.25) is 10.0 Å². The van der Waals surface area contributed by atoms with Crippen LogP contribution in [0.1, 0.15) is 24.2 Å². The van der Waals surface area contributed by atoms with Gasteiger partial charge in [0, 0.05) is 17.5 Å². The summed E-state index contributed by atoms with van der Waals surface area (Å²) in [6.45, 7) is 3.19. The first-order valence-electron chi connectivity index (χ1n) is 11.5. The van der Waals surface area contributed by atoms with Gasteiger partial charge in [0.2, 0.25) is 5.91 Å². The molecule has 0 radical (unpaired) electrons. The number of aromatic nitrogens is 2. The summed E-state index contributed by atoms with van der Waals surface area (Å²) in [5.74, 6) is 1.07. The van der Waals surface area contributed by atoms with E-state index in [1.807, 2.05) is 36.4 Å². The highest BCUT2D eigenvalue weighted by Gasteiger charge is 2.26. The first-order valence-corrected chi connectivity index (χ1v) is 12.3. The van der Waals surface area contributed by atoms with Gasteiger partial charge in [-0.3, -0.25) is 9.69 Å². The number of likely N-dealkylation sites (tertiary alicyclic amines) is 1. The number of rotatable bonds is 6. The van der Waals surface area contributed by atoms with Gasteiger partial charge in [0.15, 0.2) is 0 Å². The number of hydrogen-bond acceptors (Lipinski definition) is 3. The number of anilines is 1. The van der Waals surface area contributed by atoms with Gasteiger partial charge in [-0.2, -0.15) is 0 Å². The maximum atomic E-state index is 12.8. The Bertz CT molecular complexity index is 1290. The Labute approximate surface area is 209 Å². The van der Waals surface area contributed by atoms with Crippen LogP contribution < -0.4 is 5.32 Å². The third-order valence-corrected chi connectivity index (χ3v) is 7.02. The fourth-order valence-electron chi connectivity index (χ4n) is 4.55. The molecule has 1 aromatic heterocycles. The lowest BCUT2D eigenvalue weighted by Crippen LogP contribution is -2.38. The number of benzene rings is 3. The molecule has 0 spiro atoms. The van der Waals surface area contributed by atoms with Crippen molar-refractivity contribution in [2.45, 2.75) is 25.9 Å². The molecule has 1 fully saturated rings. The van der Waals surface area contributed by atoms with Crippen molar-refractivity contribution in [2.75, 3.05) is 18.4 Å². The zero-order valence-electron chi connectivity index (χ0n) is 18.8. The predicted octanol–water partition coefficient (Wildman–Crippen LogP) is 6.24. The van der Waals surface area contributed by atoms with Crippen LogP contribution in [0, 0.1) is 5.92 Å². The molecule has 0 aliphatic carbocycles. The van der Waals surface area contributed by atoms with Gasteiger partial charge < -0.3 is 9.88 Å². The number of carbonyl (C=O) groups excluding carboxylic acids is 1. The first kappa shape index (κ1) is 22.9. The minimum Gasteiger partial charge on any atom is -0.325 e. The number of carbonyl (C=O) groups is 1. The number of halogens is 2. The number of imidazole rings is 1. The second-order valence-corrected chi connectivity index (χ2v) is 9.59. The Balaban J connectivity index is 1.26. The topological polar surface area (TPSA) is 50.2 Å². The van der Waals surface area contributed by atoms with E-state index in [0.717, 1.165) is 60.9 Å². The summed E-state index contributed by atoms with van der Waals surface area (Å²) in [7, 11) is 0. The van der Waals surface area contributed by atoms with Gasteiger partial charge in [0.1, 0.15) is 5.82 Å². The van der Waals surface area contributed by atoms with Crippen LogP contribution in [0.4, 0.5) is 5.69 Å². The molecule has 5 rings (SSSR count). The molecular weight excluding hydrogens is 467 g/mol. The van der Waals surface area contributed by atoms with Gasteiger partial charge in [-0.05, 0) is 67.9 Å². The molecular formula is C27H26Cl2N4O. The van der Waals surface area contributed by atoms with E-state index < -0.39 is 0 Å². The summed E-state index contributed by atoms with van der Waals surface area (Å²) in [5.41, 5.74) is 3.98. The zero-order valence-corrected chi connectivity index (χ0v) is 20.3. The van der Waals surface area contributed by atoms with Crippen molar-refractivity contribution in [3.8, 4) is 0 Å². The summed E-state index contributed by atoms with van der Waals surface area (Å²) >= 11 is 12.3. The lowest BCUT2D eigenvalue weighted by molar-refractivity contribution is -0.121. The van der Waals surface area contributed by atoms with E-state index in [1.165, 1.54) is 5.56 Å². The second kappa shape index (κ2) is 10.2. The Morgan fingerprint density at radius 1 is 0.912 bits per heavy atom. The molecule has 7 heteroatoms. The highest BCUT2D eigenvalue weighted by atomic mass is 35.5. The quantitative estimate of drug-likeness (QED) is 0.346. The van der Waals surface area contributed by atoms with Crippen LogP contribution in [0.15, 0.2) is 72.8 Å². The molecule has 1 saturated heterocycles. The van der Waals surface area contributed by atoms with Gasteiger partial charge in [-0.15, -0.1) is 0 Å².